The summed E-state index contributed by atoms with van der Waals surface area (Å²) in [6, 6.07) is 4.55. The Kier molecular flexibility index (Phi) is 5.58. The molecule has 102 valence electrons. The molecule has 18 heavy (non-hydrogen) atoms. The fourth-order valence-corrected chi connectivity index (χ4v) is 4.64. The van der Waals surface area contributed by atoms with E-state index in [9.17, 15) is 0 Å². The second-order valence-electron chi connectivity index (χ2n) is 5.27. The second-order valence-corrected chi connectivity index (χ2v) is 7.80. The maximum Gasteiger partial charge on any atom is 0.0300 e. The van der Waals surface area contributed by atoms with Crippen LogP contribution in [-0.4, -0.2) is 17.5 Å². The molecule has 1 heterocycles. The van der Waals surface area contributed by atoms with Gasteiger partial charge in [-0.25, -0.2) is 0 Å². The average molecular weight is 284 g/mol. The molecule has 0 radical (unpaired) electrons. The summed E-state index contributed by atoms with van der Waals surface area (Å²) >= 11 is 4.04. The third kappa shape index (κ3) is 3.75. The fourth-order valence-electron chi connectivity index (χ4n) is 2.77. The van der Waals surface area contributed by atoms with E-state index in [1.54, 1.807) is 0 Å². The smallest absolute Gasteiger partial charge is 0.0300 e. The van der Waals surface area contributed by atoms with Crippen LogP contribution in [0.15, 0.2) is 12.1 Å². The van der Waals surface area contributed by atoms with Crippen LogP contribution in [0.4, 0.5) is 0 Å². The summed E-state index contributed by atoms with van der Waals surface area (Å²) < 4.78 is 0.517. The Morgan fingerprint density at radius 2 is 1.94 bits per heavy atom. The Labute approximate surface area is 120 Å². The van der Waals surface area contributed by atoms with Crippen LogP contribution in [0.5, 0.6) is 0 Å². The number of thiophene rings is 1. The van der Waals surface area contributed by atoms with Crippen LogP contribution in [0.25, 0.3) is 0 Å². The van der Waals surface area contributed by atoms with Gasteiger partial charge in [0.05, 0.1) is 0 Å². The van der Waals surface area contributed by atoms with Gasteiger partial charge in [-0.1, -0.05) is 26.2 Å². The van der Waals surface area contributed by atoms with Gasteiger partial charge in [0.25, 0.3) is 0 Å². The lowest BCUT2D eigenvalue weighted by Crippen LogP contribution is -2.38. The van der Waals surface area contributed by atoms with Crippen LogP contribution in [-0.2, 0) is 13.0 Å². The molecule has 1 aliphatic rings. The van der Waals surface area contributed by atoms with Crippen molar-refractivity contribution >= 4 is 23.1 Å². The normalized spacial score (nSPS) is 19.0. The summed E-state index contributed by atoms with van der Waals surface area (Å²) in [5, 5.41) is 3.69. The molecule has 1 fully saturated rings. The van der Waals surface area contributed by atoms with E-state index in [4.69, 9.17) is 0 Å². The summed E-state index contributed by atoms with van der Waals surface area (Å²) in [5.74, 6) is 0. The third-order valence-electron chi connectivity index (χ3n) is 4.01. The first-order valence-electron chi connectivity index (χ1n) is 7.11. The summed E-state index contributed by atoms with van der Waals surface area (Å²) in [6.07, 6.45) is 10.5. The molecule has 3 heteroatoms. The molecule has 0 bridgehead atoms. The van der Waals surface area contributed by atoms with Gasteiger partial charge in [0.2, 0.25) is 0 Å². The average Bonchev–Trinajstić information content (AvgIpc) is 2.88. The molecule has 0 saturated heterocycles. The molecule has 1 N–H and O–H groups in total. The topological polar surface area (TPSA) is 12.0 Å². The molecule has 0 atom stereocenters. The van der Waals surface area contributed by atoms with Crippen LogP contribution >= 0.6 is 23.1 Å². The standard InChI is InChI=1S/C15H25NS2/c1-3-13-7-8-14(18-13)11-16-12-15(17-2)9-5-4-6-10-15/h7-8,16H,3-6,9-12H2,1-2H3. The van der Waals surface area contributed by atoms with Crippen molar-refractivity contribution in [2.24, 2.45) is 0 Å². The van der Waals surface area contributed by atoms with Crippen molar-refractivity contribution in [1.82, 2.24) is 5.32 Å². The largest absolute Gasteiger partial charge is 0.310 e. The maximum atomic E-state index is 3.69. The predicted octanol–water partition coefficient (Wildman–Crippen LogP) is 4.47. The Morgan fingerprint density at radius 3 is 2.56 bits per heavy atom. The number of aryl methyl sites for hydroxylation is 1. The van der Waals surface area contributed by atoms with Crippen LogP contribution in [0.1, 0.15) is 48.8 Å². The molecule has 2 rings (SSSR count). The Hall–Kier alpha value is 0.01000. The molecule has 1 aromatic rings. The highest BCUT2D eigenvalue weighted by atomic mass is 32.2. The van der Waals surface area contributed by atoms with Gasteiger partial charge in [0.15, 0.2) is 0 Å². The lowest BCUT2D eigenvalue weighted by molar-refractivity contribution is 0.380. The molecule has 0 unspecified atom stereocenters. The second kappa shape index (κ2) is 6.97. The summed E-state index contributed by atoms with van der Waals surface area (Å²) in [7, 11) is 0. The molecule has 1 aromatic heterocycles. The van der Waals surface area contributed by atoms with Crippen molar-refractivity contribution in [3.63, 3.8) is 0 Å². The SMILES string of the molecule is CCc1ccc(CNCC2(SC)CCCCC2)s1. The highest BCUT2D eigenvalue weighted by Gasteiger charge is 2.30. The summed E-state index contributed by atoms with van der Waals surface area (Å²) in [4.78, 5) is 2.99. The number of rotatable bonds is 6. The van der Waals surface area contributed by atoms with E-state index in [0.29, 0.717) is 4.75 Å². The van der Waals surface area contributed by atoms with E-state index < -0.39 is 0 Å². The lowest BCUT2D eigenvalue weighted by atomic mass is 9.88. The molecule has 1 saturated carbocycles. The van der Waals surface area contributed by atoms with Crippen LogP contribution in [0.3, 0.4) is 0 Å². The Balaban J connectivity index is 1.79. The molecule has 0 aliphatic heterocycles. The molecular weight excluding hydrogens is 258 g/mol. The minimum absolute atomic E-state index is 0.517. The Bertz CT molecular complexity index is 353. The predicted molar refractivity (Wildman–Crippen MR) is 84.7 cm³/mol. The first-order chi connectivity index (χ1) is 8.78. The number of hydrogen-bond acceptors (Lipinski definition) is 3. The number of hydrogen-bond donors (Lipinski definition) is 1. The molecule has 0 aromatic carbocycles. The summed E-state index contributed by atoms with van der Waals surface area (Å²) in [6.45, 7) is 4.45. The molecule has 1 aliphatic carbocycles. The van der Waals surface area contributed by atoms with Gasteiger partial charge < -0.3 is 5.32 Å². The van der Waals surface area contributed by atoms with Crippen molar-refractivity contribution < 1.29 is 0 Å². The van der Waals surface area contributed by atoms with E-state index in [1.807, 2.05) is 11.3 Å². The van der Waals surface area contributed by atoms with E-state index in [-0.39, 0.29) is 0 Å². The van der Waals surface area contributed by atoms with E-state index in [0.717, 1.165) is 6.54 Å². The van der Waals surface area contributed by atoms with Crippen LogP contribution in [0.2, 0.25) is 0 Å². The van der Waals surface area contributed by atoms with Crippen LogP contribution < -0.4 is 5.32 Å². The minimum atomic E-state index is 0.517. The first kappa shape index (κ1) is 14.4. The van der Waals surface area contributed by atoms with Crippen molar-refractivity contribution in [2.75, 3.05) is 12.8 Å². The van der Waals surface area contributed by atoms with Crippen molar-refractivity contribution in [2.45, 2.75) is 56.7 Å². The minimum Gasteiger partial charge on any atom is -0.310 e. The van der Waals surface area contributed by atoms with Gasteiger partial charge >= 0.3 is 0 Å². The lowest BCUT2D eigenvalue weighted by Gasteiger charge is -2.36. The van der Waals surface area contributed by atoms with E-state index in [1.165, 1.54) is 54.8 Å². The van der Waals surface area contributed by atoms with Crippen LogP contribution in [0, 0.1) is 0 Å². The van der Waals surface area contributed by atoms with Crippen molar-refractivity contribution in [3.8, 4) is 0 Å². The van der Waals surface area contributed by atoms with Crippen molar-refractivity contribution in [1.29, 1.82) is 0 Å². The number of thioether (sulfide) groups is 1. The van der Waals surface area contributed by atoms with Gasteiger partial charge in [0.1, 0.15) is 0 Å². The molecule has 1 nitrogen and oxygen atoms in total. The monoisotopic (exact) mass is 283 g/mol. The fraction of sp³-hybridized carbons (Fsp3) is 0.733. The van der Waals surface area contributed by atoms with Gasteiger partial charge in [0, 0.05) is 27.6 Å². The molecular formula is C15H25NS2. The third-order valence-corrected chi connectivity index (χ3v) is 6.66. The quantitative estimate of drug-likeness (QED) is 0.827. The zero-order chi connectivity index (χ0) is 12.8. The number of nitrogens with one attached hydrogen (secondary N) is 1. The highest BCUT2D eigenvalue weighted by molar-refractivity contribution is 8.00. The van der Waals surface area contributed by atoms with Gasteiger partial charge in [-0.3, -0.25) is 0 Å². The summed E-state index contributed by atoms with van der Waals surface area (Å²) in [5.41, 5.74) is 0. The Morgan fingerprint density at radius 1 is 1.22 bits per heavy atom. The van der Waals surface area contributed by atoms with Gasteiger partial charge in [-0.2, -0.15) is 11.8 Å². The van der Waals surface area contributed by atoms with Gasteiger partial charge in [-0.05, 0) is 37.7 Å². The highest BCUT2D eigenvalue weighted by Crippen LogP contribution is 2.38. The van der Waals surface area contributed by atoms with E-state index >= 15 is 0 Å². The zero-order valence-corrected chi connectivity index (χ0v) is 13.3. The van der Waals surface area contributed by atoms with Gasteiger partial charge in [-0.15, -0.1) is 11.3 Å². The van der Waals surface area contributed by atoms with Crippen molar-refractivity contribution in [3.05, 3.63) is 21.9 Å². The zero-order valence-electron chi connectivity index (χ0n) is 11.6. The van der Waals surface area contributed by atoms with E-state index in [2.05, 4.69) is 42.4 Å². The molecule has 0 spiro atoms. The first-order valence-corrected chi connectivity index (χ1v) is 9.15. The maximum absolute atomic E-state index is 3.69. The molecule has 0 amide bonds.